The van der Waals surface area contributed by atoms with Crippen molar-refractivity contribution >= 4 is 43.6 Å². The minimum atomic E-state index is 1.21. The van der Waals surface area contributed by atoms with Crippen LogP contribution in [-0.2, 0) is 0 Å². The van der Waals surface area contributed by atoms with Crippen molar-refractivity contribution in [2.24, 2.45) is 0 Å². The van der Waals surface area contributed by atoms with Gasteiger partial charge in [-0.25, -0.2) is 0 Å². The van der Waals surface area contributed by atoms with Crippen LogP contribution in [0.3, 0.4) is 0 Å². The maximum absolute atomic E-state index is 3.38. The summed E-state index contributed by atoms with van der Waals surface area (Å²) in [5.41, 5.74) is 4.85. The second-order valence-corrected chi connectivity index (χ2v) is 6.43. The Morgan fingerprint density at radius 3 is 0.676 bits per heavy atom. The van der Waals surface area contributed by atoms with Crippen LogP contribution in [0.25, 0.3) is 43.6 Å². The minimum Gasteiger partial charge on any atom is -0.355 e. The van der Waals surface area contributed by atoms with Gasteiger partial charge < -0.3 is 9.97 Å². The highest BCUT2D eigenvalue weighted by molar-refractivity contribution is 6.07. The molecule has 0 aliphatic carbocycles. The van der Waals surface area contributed by atoms with Crippen LogP contribution < -0.4 is 0 Å². The molecular formula is C32H42N2. The summed E-state index contributed by atoms with van der Waals surface area (Å²) in [6, 6.07) is 33.5. The summed E-state index contributed by atoms with van der Waals surface area (Å²) < 4.78 is 0. The van der Waals surface area contributed by atoms with E-state index in [0.29, 0.717) is 0 Å². The topological polar surface area (TPSA) is 31.6 Å². The third-order valence-corrected chi connectivity index (χ3v) is 4.83. The summed E-state index contributed by atoms with van der Waals surface area (Å²) in [5.74, 6) is 0. The number of nitrogens with one attached hydrogen (secondary N) is 2. The van der Waals surface area contributed by atoms with E-state index >= 15 is 0 Å². The molecule has 0 radical (unpaired) electrons. The molecule has 6 rings (SSSR count). The van der Waals surface area contributed by atoms with E-state index in [4.69, 9.17) is 0 Å². The van der Waals surface area contributed by atoms with Crippen molar-refractivity contribution in [2.75, 3.05) is 0 Å². The Hall–Kier alpha value is -3.52. The molecule has 2 N–H and O–H groups in total. The molecule has 2 heteroatoms. The number of para-hydroxylation sites is 4. The van der Waals surface area contributed by atoms with Crippen LogP contribution in [0, 0.1) is 0 Å². The summed E-state index contributed by atoms with van der Waals surface area (Å²) in [6.45, 7) is 16.0. The van der Waals surface area contributed by atoms with Crippen molar-refractivity contribution in [3.8, 4) is 0 Å². The van der Waals surface area contributed by atoms with Gasteiger partial charge in [-0.2, -0.15) is 0 Å². The lowest BCUT2D eigenvalue weighted by Gasteiger charge is -1.87. The average molecular weight is 455 g/mol. The van der Waals surface area contributed by atoms with Gasteiger partial charge in [0.1, 0.15) is 0 Å². The number of fused-ring (bicyclic) bond motifs is 6. The lowest BCUT2D eigenvalue weighted by Crippen LogP contribution is -1.62. The van der Waals surface area contributed by atoms with E-state index in [-0.39, 0.29) is 0 Å². The Labute approximate surface area is 206 Å². The second kappa shape index (κ2) is 16.1. The molecule has 0 saturated carbocycles. The first kappa shape index (κ1) is 28.5. The van der Waals surface area contributed by atoms with E-state index < -0.39 is 0 Å². The van der Waals surface area contributed by atoms with Crippen LogP contribution >= 0.6 is 0 Å². The van der Waals surface area contributed by atoms with Gasteiger partial charge in [0, 0.05) is 43.6 Å². The number of H-pyrrole nitrogens is 2. The molecule has 34 heavy (non-hydrogen) atoms. The van der Waals surface area contributed by atoms with E-state index in [1.54, 1.807) is 0 Å². The molecule has 6 aromatic rings. The van der Waals surface area contributed by atoms with Gasteiger partial charge in [0.15, 0.2) is 0 Å². The number of hydrogen-bond donors (Lipinski definition) is 2. The standard InChI is InChI=1S/2C12H9N.4C2H6/c2*1-3-7-11-9(5-1)10-6-2-4-8-12(10)13-11;4*1-2/h2*1-8,13H;4*1-2H3. The molecule has 0 spiro atoms. The lowest BCUT2D eigenvalue weighted by atomic mass is 10.2. The maximum atomic E-state index is 3.38. The van der Waals surface area contributed by atoms with Crippen LogP contribution in [0.15, 0.2) is 97.1 Å². The van der Waals surface area contributed by atoms with Crippen LogP contribution in [0.4, 0.5) is 0 Å². The number of aromatic nitrogens is 2. The molecule has 0 fully saturated rings. The van der Waals surface area contributed by atoms with Crippen LogP contribution in [0.2, 0.25) is 0 Å². The second-order valence-electron chi connectivity index (χ2n) is 6.43. The van der Waals surface area contributed by atoms with E-state index in [9.17, 15) is 0 Å². The van der Waals surface area contributed by atoms with E-state index in [2.05, 4.69) is 107 Å². The predicted molar refractivity (Wildman–Crippen MR) is 157 cm³/mol. The predicted octanol–water partition coefficient (Wildman–Crippen LogP) is 10.7. The van der Waals surface area contributed by atoms with Crippen molar-refractivity contribution in [1.82, 2.24) is 9.97 Å². The zero-order valence-electron chi connectivity index (χ0n) is 22.2. The lowest BCUT2D eigenvalue weighted by molar-refractivity contribution is 1.50. The molecule has 2 aromatic heterocycles. The summed E-state index contributed by atoms with van der Waals surface area (Å²) in [4.78, 5) is 6.76. The third-order valence-electron chi connectivity index (χ3n) is 4.83. The van der Waals surface area contributed by atoms with E-state index in [0.717, 1.165) is 0 Å². The van der Waals surface area contributed by atoms with Crippen molar-refractivity contribution < 1.29 is 0 Å². The first-order chi connectivity index (χ1) is 16.9. The maximum Gasteiger partial charge on any atom is 0.0464 e. The first-order valence-corrected chi connectivity index (χ1v) is 12.8. The number of hydrogen-bond acceptors (Lipinski definition) is 0. The monoisotopic (exact) mass is 454 g/mol. The Morgan fingerprint density at radius 2 is 0.471 bits per heavy atom. The Morgan fingerprint density at radius 1 is 0.294 bits per heavy atom. The zero-order chi connectivity index (χ0) is 25.3. The normalized spacial score (nSPS) is 9.18. The molecule has 0 aliphatic rings. The molecule has 0 bridgehead atoms. The van der Waals surface area contributed by atoms with Gasteiger partial charge in [0.05, 0.1) is 0 Å². The Kier molecular flexibility index (Phi) is 13.5. The van der Waals surface area contributed by atoms with Gasteiger partial charge >= 0.3 is 0 Å². The fourth-order valence-electron chi connectivity index (χ4n) is 3.60. The number of benzene rings is 4. The van der Waals surface area contributed by atoms with Gasteiger partial charge in [-0.15, -0.1) is 0 Å². The van der Waals surface area contributed by atoms with Crippen molar-refractivity contribution in [1.29, 1.82) is 0 Å². The Bertz CT molecular complexity index is 1130. The SMILES string of the molecule is CC.CC.CC.CC.c1ccc2c(c1)[nH]c1ccccc12.c1ccc2c(c1)[nH]c1ccccc12. The summed E-state index contributed by atoms with van der Waals surface area (Å²) in [7, 11) is 0. The first-order valence-electron chi connectivity index (χ1n) is 12.8. The quantitative estimate of drug-likeness (QED) is 0.229. The number of rotatable bonds is 0. The minimum absolute atomic E-state index is 1.21. The van der Waals surface area contributed by atoms with Crippen molar-refractivity contribution in [3.63, 3.8) is 0 Å². The van der Waals surface area contributed by atoms with Gasteiger partial charge in [-0.05, 0) is 24.3 Å². The Balaban J connectivity index is 0.000000264. The van der Waals surface area contributed by atoms with Gasteiger partial charge in [0.25, 0.3) is 0 Å². The molecular weight excluding hydrogens is 412 g/mol. The highest BCUT2D eigenvalue weighted by Crippen LogP contribution is 2.25. The summed E-state index contributed by atoms with van der Waals surface area (Å²) in [5, 5.41) is 5.22. The smallest absolute Gasteiger partial charge is 0.0464 e. The zero-order valence-corrected chi connectivity index (χ0v) is 22.2. The van der Waals surface area contributed by atoms with Crippen LogP contribution in [0.1, 0.15) is 55.4 Å². The molecule has 0 unspecified atom stereocenters. The molecule has 0 saturated heterocycles. The largest absolute Gasteiger partial charge is 0.355 e. The van der Waals surface area contributed by atoms with Crippen molar-refractivity contribution in [3.05, 3.63) is 97.1 Å². The molecule has 0 aliphatic heterocycles. The van der Waals surface area contributed by atoms with Crippen molar-refractivity contribution in [2.45, 2.75) is 55.4 Å². The molecule has 2 nitrogen and oxygen atoms in total. The van der Waals surface area contributed by atoms with Crippen LogP contribution in [0.5, 0.6) is 0 Å². The highest BCUT2D eigenvalue weighted by Gasteiger charge is 2.01. The van der Waals surface area contributed by atoms with Gasteiger partial charge in [-0.1, -0.05) is 128 Å². The molecule has 0 atom stereocenters. The molecule has 2 heterocycles. The fourth-order valence-corrected chi connectivity index (χ4v) is 3.60. The van der Waals surface area contributed by atoms with E-state index in [1.807, 2.05) is 55.4 Å². The number of aromatic amines is 2. The van der Waals surface area contributed by atoms with Gasteiger partial charge in [0.2, 0.25) is 0 Å². The summed E-state index contributed by atoms with van der Waals surface area (Å²) >= 11 is 0. The molecule has 0 amide bonds. The summed E-state index contributed by atoms with van der Waals surface area (Å²) in [6.07, 6.45) is 0. The van der Waals surface area contributed by atoms with E-state index in [1.165, 1.54) is 43.6 Å². The van der Waals surface area contributed by atoms with Crippen LogP contribution in [-0.4, -0.2) is 9.97 Å². The third kappa shape index (κ3) is 6.74. The highest BCUT2D eigenvalue weighted by atomic mass is 14.7. The molecule has 180 valence electrons. The fraction of sp³-hybridized carbons (Fsp3) is 0.250. The molecule has 4 aromatic carbocycles. The average Bonchev–Trinajstić information content (AvgIpc) is 3.52. The van der Waals surface area contributed by atoms with Gasteiger partial charge in [-0.3, -0.25) is 0 Å².